The Hall–Kier alpha value is -2.60. The van der Waals surface area contributed by atoms with E-state index >= 15 is 0 Å². The number of fused-ring (bicyclic) bond motifs is 1. The summed E-state index contributed by atoms with van der Waals surface area (Å²) in [5, 5.41) is 1.96. The maximum absolute atomic E-state index is 13.1. The molecule has 0 saturated carbocycles. The fourth-order valence-corrected chi connectivity index (χ4v) is 3.20. The Bertz CT molecular complexity index is 907. The normalized spacial score (nSPS) is 11.3. The number of nitrogens with zero attached hydrogens (tertiary/aromatic N) is 2. The van der Waals surface area contributed by atoms with Crippen molar-refractivity contribution >= 4 is 22.1 Å². The van der Waals surface area contributed by atoms with Gasteiger partial charge >= 0.3 is 0 Å². The molecule has 4 nitrogen and oxygen atoms in total. The number of benzene rings is 1. The number of imidazole rings is 1. The molecule has 0 unspecified atom stereocenters. The van der Waals surface area contributed by atoms with Crippen LogP contribution in [0.4, 0.5) is 10.2 Å². The van der Waals surface area contributed by atoms with Crippen molar-refractivity contribution in [1.82, 2.24) is 9.38 Å². The van der Waals surface area contributed by atoms with E-state index in [1.54, 1.807) is 24.5 Å². The molecule has 2 N–H and O–H groups in total. The fourth-order valence-electron chi connectivity index (χ4n) is 2.30. The summed E-state index contributed by atoms with van der Waals surface area (Å²) in [7, 11) is 0. The van der Waals surface area contributed by atoms with Crippen LogP contribution in [0, 0.1) is 5.82 Å². The van der Waals surface area contributed by atoms with Gasteiger partial charge in [-0.25, -0.2) is 9.37 Å². The van der Waals surface area contributed by atoms with Crippen LogP contribution in [0.5, 0.6) is 0 Å². The van der Waals surface area contributed by atoms with Gasteiger partial charge in [0.05, 0.1) is 12.0 Å². The van der Waals surface area contributed by atoms with Crippen LogP contribution in [0.25, 0.3) is 27.7 Å². The summed E-state index contributed by atoms with van der Waals surface area (Å²) >= 11 is 1.48. The highest BCUT2D eigenvalue weighted by Gasteiger charge is 2.18. The molecule has 1 aromatic carbocycles. The zero-order valence-corrected chi connectivity index (χ0v) is 11.6. The predicted octanol–water partition coefficient (Wildman–Crippen LogP) is 4.04. The first-order valence-corrected chi connectivity index (χ1v) is 7.17. The first-order valence-electron chi connectivity index (χ1n) is 6.29. The van der Waals surface area contributed by atoms with Crippen molar-refractivity contribution in [3.05, 3.63) is 53.9 Å². The number of thiazole rings is 1. The first-order chi connectivity index (χ1) is 10.2. The number of halogens is 1. The summed E-state index contributed by atoms with van der Waals surface area (Å²) in [6.45, 7) is 0. The Morgan fingerprint density at radius 2 is 2.00 bits per heavy atom. The molecule has 104 valence electrons. The number of hydrogen-bond acceptors (Lipinski definition) is 4. The predicted molar refractivity (Wildman–Crippen MR) is 80.6 cm³/mol. The minimum atomic E-state index is -0.264. The summed E-state index contributed by atoms with van der Waals surface area (Å²) in [5.74, 6) is 0.883. The number of hydrogen-bond donors (Lipinski definition) is 1. The lowest BCUT2D eigenvalue weighted by Crippen LogP contribution is -1.95. The van der Waals surface area contributed by atoms with Gasteiger partial charge in [-0.3, -0.25) is 4.40 Å². The zero-order valence-electron chi connectivity index (χ0n) is 10.8. The van der Waals surface area contributed by atoms with Gasteiger partial charge in [0.1, 0.15) is 17.3 Å². The fraction of sp³-hybridized carbons (Fsp3) is 0. The molecule has 0 saturated heterocycles. The van der Waals surface area contributed by atoms with Gasteiger partial charge in [0.2, 0.25) is 0 Å². The van der Waals surface area contributed by atoms with Crippen molar-refractivity contribution in [2.24, 2.45) is 0 Å². The van der Waals surface area contributed by atoms with Crippen LogP contribution < -0.4 is 5.73 Å². The third-order valence-electron chi connectivity index (χ3n) is 3.29. The molecule has 0 amide bonds. The van der Waals surface area contributed by atoms with Crippen LogP contribution >= 0.6 is 11.3 Å². The van der Waals surface area contributed by atoms with Gasteiger partial charge in [0.15, 0.2) is 10.7 Å². The third-order valence-corrected chi connectivity index (χ3v) is 4.12. The maximum atomic E-state index is 13.1. The Labute approximate surface area is 123 Å². The molecule has 0 aliphatic rings. The van der Waals surface area contributed by atoms with Crippen LogP contribution in [0.1, 0.15) is 0 Å². The average molecular weight is 299 g/mol. The van der Waals surface area contributed by atoms with E-state index in [4.69, 9.17) is 10.2 Å². The molecule has 0 atom stereocenters. The van der Waals surface area contributed by atoms with Gasteiger partial charge in [0, 0.05) is 5.38 Å². The molecule has 21 heavy (non-hydrogen) atoms. The number of furan rings is 1. The van der Waals surface area contributed by atoms with Crippen LogP contribution in [-0.4, -0.2) is 9.38 Å². The van der Waals surface area contributed by atoms with Crippen molar-refractivity contribution in [2.45, 2.75) is 0 Å². The summed E-state index contributed by atoms with van der Waals surface area (Å²) in [4.78, 5) is 5.28. The lowest BCUT2D eigenvalue weighted by Gasteiger charge is -2.02. The topological polar surface area (TPSA) is 56.5 Å². The average Bonchev–Trinajstić information content (AvgIpc) is 3.18. The number of anilines is 1. The molecule has 0 spiro atoms. The molecule has 3 aromatic heterocycles. The Balaban J connectivity index is 1.93. The monoisotopic (exact) mass is 299 g/mol. The highest BCUT2D eigenvalue weighted by molar-refractivity contribution is 7.15. The lowest BCUT2D eigenvalue weighted by atomic mass is 10.2. The Morgan fingerprint density at radius 3 is 2.71 bits per heavy atom. The molecule has 4 aromatic rings. The molecular weight excluding hydrogens is 289 g/mol. The minimum absolute atomic E-state index is 0.264. The van der Waals surface area contributed by atoms with E-state index in [-0.39, 0.29) is 5.82 Å². The van der Waals surface area contributed by atoms with Gasteiger partial charge in [-0.05, 0) is 42.0 Å². The van der Waals surface area contributed by atoms with E-state index in [0.29, 0.717) is 17.3 Å². The molecule has 0 aliphatic carbocycles. The molecule has 0 bridgehead atoms. The van der Waals surface area contributed by atoms with Crippen LogP contribution in [0.15, 0.2) is 52.5 Å². The third kappa shape index (κ3) is 1.84. The van der Waals surface area contributed by atoms with E-state index in [1.165, 1.54) is 23.5 Å². The van der Waals surface area contributed by atoms with Gasteiger partial charge in [0.25, 0.3) is 0 Å². The molecule has 3 heterocycles. The van der Waals surface area contributed by atoms with Crippen LogP contribution in [0.2, 0.25) is 0 Å². The van der Waals surface area contributed by atoms with Gasteiger partial charge < -0.3 is 10.2 Å². The van der Waals surface area contributed by atoms with Crippen molar-refractivity contribution in [2.75, 3.05) is 5.73 Å². The zero-order chi connectivity index (χ0) is 14.4. The summed E-state index contributed by atoms with van der Waals surface area (Å²) in [6.07, 6.45) is 1.59. The number of nitrogens with two attached hydrogens (primary N) is 1. The van der Waals surface area contributed by atoms with Crippen LogP contribution in [-0.2, 0) is 0 Å². The van der Waals surface area contributed by atoms with Crippen LogP contribution in [0.3, 0.4) is 0 Å². The lowest BCUT2D eigenvalue weighted by molar-refractivity contribution is 0.581. The summed E-state index contributed by atoms with van der Waals surface area (Å²) in [6, 6.07) is 9.92. The molecule has 0 fully saturated rings. The van der Waals surface area contributed by atoms with E-state index in [0.717, 1.165) is 16.2 Å². The Kier molecular flexibility index (Phi) is 2.58. The summed E-state index contributed by atoms with van der Waals surface area (Å²) < 4.78 is 20.3. The van der Waals surface area contributed by atoms with Crippen molar-refractivity contribution in [3.8, 4) is 22.7 Å². The largest absolute Gasteiger partial charge is 0.463 e. The SMILES string of the molecule is Nc1c(-c2ccco2)nc2scc(-c3ccc(F)cc3)n12. The molecule has 0 aliphatic heterocycles. The smallest absolute Gasteiger partial charge is 0.196 e. The van der Waals surface area contributed by atoms with E-state index < -0.39 is 0 Å². The van der Waals surface area contributed by atoms with Gasteiger partial charge in [-0.1, -0.05) is 0 Å². The van der Waals surface area contributed by atoms with Gasteiger partial charge in [-0.15, -0.1) is 11.3 Å². The van der Waals surface area contributed by atoms with E-state index in [2.05, 4.69) is 4.98 Å². The highest BCUT2D eigenvalue weighted by atomic mass is 32.1. The second-order valence-corrected chi connectivity index (χ2v) is 5.41. The number of rotatable bonds is 2. The molecule has 0 radical (unpaired) electrons. The maximum Gasteiger partial charge on any atom is 0.196 e. The minimum Gasteiger partial charge on any atom is -0.463 e. The van der Waals surface area contributed by atoms with Crippen molar-refractivity contribution in [3.63, 3.8) is 0 Å². The highest BCUT2D eigenvalue weighted by Crippen LogP contribution is 2.34. The summed E-state index contributed by atoms with van der Waals surface area (Å²) in [5.41, 5.74) is 8.61. The number of nitrogen functional groups attached to an aromatic ring is 1. The standard InChI is InChI=1S/C15H10FN3OS/c16-10-5-3-9(4-6-10)11-8-21-15-18-13(14(17)19(11)15)12-2-1-7-20-12/h1-8H,17H2. The molecule has 4 rings (SSSR count). The first kappa shape index (κ1) is 12.2. The second-order valence-electron chi connectivity index (χ2n) is 4.57. The quantitative estimate of drug-likeness (QED) is 0.607. The van der Waals surface area contributed by atoms with E-state index in [9.17, 15) is 4.39 Å². The van der Waals surface area contributed by atoms with Gasteiger partial charge in [-0.2, -0.15) is 0 Å². The van der Waals surface area contributed by atoms with Crippen molar-refractivity contribution in [1.29, 1.82) is 0 Å². The number of aromatic nitrogens is 2. The molecular formula is C15H10FN3OS. The second kappa shape index (κ2) is 4.46. The molecule has 6 heteroatoms. The van der Waals surface area contributed by atoms with Crippen molar-refractivity contribution < 1.29 is 8.81 Å². The van der Waals surface area contributed by atoms with E-state index in [1.807, 2.05) is 15.8 Å². The Morgan fingerprint density at radius 1 is 1.19 bits per heavy atom.